The number of rotatable bonds is 4. The number of nitrogens with one attached hydrogen (secondary N) is 1. The van der Waals surface area contributed by atoms with E-state index >= 15 is 0 Å². The lowest BCUT2D eigenvalue weighted by molar-refractivity contribution is -0.138. The molecule has 0 aromatic heterocycles. The Kier molecular flexibility index (Phi) is 3.52. The van der Waals surface area contributed by atoms with Gasteiger partial charge in [-0.25, -0.2) is 0 Å². The molecule has 3 unspecified atom stereocenters. The molecule has 106 valence electrons. The van der Waals surface area contributed by atoms with Crippen LogP contribution in [-0.4, -0.2) is 29.9 Å². The molecule has 3 rings (SSSR count). The summed E-state index contributed by atoms with van der Waals surface area (Å²) in [7, 11) is 0. The third-order valence-electron chi connectivity index (χ3n) is 4.23. The van der Waals surface area contributed by atoms with Crippen molar-refractivity contribution in [3.05, 3.63) is 34.3 Å². The van der Waals surface area contributed by atoms with Crippen LogP contribution in [0.4, 0.5) is 0 Å². The lowest BCUT2D eigenvalue weighted by Crippen LogP contribution is -2.10. The van der Waals surface area contributed by atoms with Gasteiger partial charge >= 0.3 is 5.97 Å². The molecule has 5 heteroatoms. The zero-order valence-corrected chi connectivity index (χ0v) is 11.7. The van der Waals surface area contributed by atoms with E-state index < -0.39 is 11.9 Å². The van der Waals surface area contributed by atoms with Crippen molar-refractivity contribution in [3.8, 4) is 0 Å². The van der Waals surface area contributed by atoms with Crippen LogP contribution < -0.4 is 5.32 Å². The molecule has 0 spiro atoms. The van der Waals surface area contributed by atoms with E-state index in [-0.39, 0.29) is 11.7 Å². The average molecular weight is 294 g/mol. The lowest BCUT2D eigenvalue weighted by atomic mass is 9.95. The molecule has 0 bridgehead atoms. The second kappa shape index (κ2) is 5.19. The number of hydrogen-bond donors (Lipinski definition) is 2. The first-order valence-corrected chi connectivity index (χ1v) is 7.23. The van der Waals surface area contributed by atoms with Crippen molar-refractivity contribution in [2.75, 3.05) is 13.1 Å². The minimum Gasteiger partial charge on any atom is -0.481 e. The highest BCUT2D eigenvalue weighted by Crippen LogP contribution is 2.41. The van der Waals surface area contributed by atoms with Gasteiger partial charge in [0, 0.05) is 23.0 Å². The summed E-state index contributed by atoms with van der Waals surface area (Å²) in [6.07, 6.45) is 1.50. The third kappa shape index (κ3) is 2.45. The first kappa shape index (κ1) is 13.6. The Morgan fingerprint density at radius 1 is 1.30 bits per heavy atom. The van der Waals surface area contributed by atoms with Crippen LogP contribution in [0.5, 0.6) is 0 Å². The molecule has 4 nitrogen and oxygen atoms in total. The van der Waals surface area contributed by atoms with Crippen LogP contribution in [0.1, 0.15) is 34.7 Å². The number of hydrogen-bond acceptors (Lipinski definition) is 3. The summed E-state index contributed by atoms with van der Waals surface area (Å²) in [5.74, 6) is -1.47. The maximum absolute atomic E-state index is 12.2. The zero-order valence-electron chi connectivity index (χ0n) is 10.9. The smallest absolute Gasteiger partial charge is 0.307 e. The summed E-state index contributed by atoms with van der Waals surface area (Å²) in [6.45, 7) is 1.90. The molecule has 2 fully saturated rings. The third-order valence-corrected chi connectivity index (χ3v) is 4.56. The molecule has 1 aromatic carbocycles. The van der Waals surface area contributed by atoms with Gasteiger partial charge in [0.25, 0.3) is 0 Å². The fraction of sp³-hybridized carbons (Fsp3) is 0.467. The minimum absolute atomic E-state index is 0.101. The molecule has 1 aliphatic heterocycles. The van der Waals surface area contributed by atoms with E-state index in [9.17, 15) is 9.59 Å². The van der Waals surface area contributed by atoms with Crippen molar-refractivity contribution in [1.82, 2.24) is 5.32 Å². The number of carboxylic acids is 1. The monoisotopic (exact) mass is 293 g/mol. The predicted octanol–water partition coefficient (Wildman–Crippen LogP) is 2.32. The molecule has 1 aliphatic carbocycles. The van der Waals surface area contributed by atoms with Crippen molar-refractivity contribution in [2.45, 2.75) is 18.8 Å². The van der Waals surface area contributed by atoms with E-state index in [4.69, 9.17) is 16.7 Å². The van der Waals surface area contributed by atoms with Gasteiger partial charge in [-0.1, -0.05) is 23.7 Å². The Balaban J connectivity index is 1.77. The minimum atomic E-state index is -0.886. The van der Waals surface area contributed by atoms with E-state index in [1.807, 2.05) is 6.07 Å². The van der Waals surface area contributed by atoms with Crippen LogP contribution in [0.25, 0.3) is 0 Å². The molecular formula is C15H16ClNO3. The van der Waals surface area contributed by atoms with Crippen molar-refractivity contribution in [1.29, 1.82) is 0 Å². The lowest BCUT2D eigenvalue weighted by Gasteiger charge is -2.12. The van der Waals surface area contributed by atoms with Gasteiger partial charge in [-0.3, -0.25) is 9.59 Å². The van der Waals surface area contributed by atoms with Gasteiger partial charge in [-0.15, -0.1) is 0 Å². The second-order valence-electron chi connectivity index (χ2n) is 5.58. The Morgan fingerprint density at radius 2 is 2.10 bits per heavy atom. The van der Waals surface area contributed by atoms with Crippen LogP contribution in [-0.2, 0) is 4.79 Å². The van der Waals surface area contributed by atoms with Crippen molar-refractivity contribution in [3.63, 3.8) is 0 Å². The molecule has 1 saturated carbocycles. The summed E-state index contributed by atoms with van der Waals surface area (Å²) in [5.41, 5.74) is 1.59. The summed E-state index contributed by atoms with van der Waals surface area (Å²) < 4.78 is 0. The molecule has 3 atom stereocenters. The van der Waals surface area contributed by atoms with Crippen molar-refractivity contribution >= 4 is 23.4 Å². The van der Waals surface area contributed by atoms with E-state index in [1.165, 1.54) is 0 Å². The Bertz CT molecular complexity index is 566. The fourth-order valence-electron chi connectivity index (χ4n) is 2.90. The first-order chi connectivity index (χ1) is 9.58. The SMILES string of the molecule is O=C(O)C1CC1C(=O)c1ccc(C2CCNC2)c(Cl)c1. The van der Waals surface area contributed by atoms with E-state index in [2.05, 4.69) is 5.32 Å². The van der Waals surface area contributed by atoms with E-state index in [0.29, 0.717) is 22.9 Å². The number of benzene rings is 1. The largest absolute Gasteiger partial charge is 0.481 e. The summed E-state index contributed by atoms with van der Waals surface area (Å²) >= 11 is 6.28. The standard InChI is InChI=1S/C15H16ClNO3/c16-13-5-8(14(18)11-6-12(11)15(19)20)1-2-10(13)9-3-4-17-7-9/h1-2,5,9,11-12,17H,3-4,6-7H2,(H,19,20). The summed E-state index contributed by atoms with van der Waals surface area (Å²) in [5, 5.41) is 12.8. The Morgan fingerprint density at radius 3 is 2.65 bits per heavy atom. The molecule has 1 aromatic rings. The molecule has 0 amide bonds. The number of carboxylic acid groups (broad SMARTS) is 1. The molecule has 1 heterocycles. The van der Waals surface area contributed by atoms with Gasteiger partial charge in [0.1, 0.15) is 0 Å². The normalized spacial score (nSPS) is 28.4. The Hall–Kier alpha value is -1.39. The molecule has 2 N–H and O–H groups in total. The number of carbonyl (C=O) groups excluding carboxylic acids is 1. The summed E-state index contributed by atoms with van der Waals surface area (Å²) in [4.78, 5) is 23.0. The van der Waals surface area contributed by atoms with E-state index in [0.717, 1.165) is 25.1 Å². The Labute approximate surface area is 122 Å². The van der Waals surface area contributed by atoms with Gasteiger partial charge in [-0.05, 0) is 36.9 Å². The van der Waals surface area contributed by atoms with E-state index in [1.54, 1.807) is 12.1 Å². The van der Waals surface area contributed by atoms with Crippen molar-refractivity contribution in [2.24, 2.45) is 11.8 Å². The van der Waals surface area contributed by atoms with Crippen LogP contribution in [0, 0.1) is 11.8 Å². The quantitative estimate of drug-likeness (QED) is 0.836. The molecule has 0 radical (unpaired) electrons. The van der Waals surface area contributed by atoms with Crippen LogP contribution in [0.15, 0.2) is 18.2 Å². The highest BCUT2D eigenvalue weighted by atomic mass is 35.5. The highest BCUT2D eigenvalue weighted by Gasteiger charge is 2.48. The second-order valence-corrected chi connectivity index (χ2v) is 5.98. The highest BCUT2D eigenvalue weighted by molar-refractivity contribution is 6.31. The van der Waals surface area contributed by atoms with Crippen LogP contribution >= 0.6 is 11.6 Å². The topological polar surface area (TPSA) is 66.4 Å². The molecular weight excluding hydrogens is 278 g/mol. The zero-order chi connectivity index (χ0) is 14.3. The van der Waals surface area contributed by atoms with Crippen LogP contribution in [0.3, 0.4) is 0 Å². The maximum Gasteiger partial charge on any atom is 0.307 e. The number of halogens is 1. The number of aliphatic carboxylic acids is 1. The molecule has 20 heavy (non-hydrogen) atoms. The number of carbonyl (C=O) groups is 2. The van der Waals surface area contributed by atoms with Gasteiger partial charge in [-0.2, -0.15) is 0 Å². The maximum atomic E-state index is 12.2. The summed E-state index contributed by atoms with van der Waals surface area (Å²) in [6, 6.07) is 5.37. The van der Waals surface area contributed by atoms with Crippen molar-refractivity contribution < 1.29 is 14.7 Å². The fourth-order valence-corrected chi connectivity index (χ4v) is 3.24. The first-order valence-electron chi connectivity index (χ1n) is 6.85. The van der Waals surface area contributed by atoms with Gasteiger partial charge in [0.05, 0.1) is 5.92 Å². The average Bonchev–Trinajstić information content (AvgIpc) is 3.05. The molecule has 1 saturated heterocycles. The number of ketones is 1. The molecule has 2 aliphatic rings. The number of Topliss-reactive ketones (excluding diaryl/α,β-unsaturated/α-hetero) is 1. The van der Waals surface area contributed by atoms with Gasteiger partial charge in [0.2, 0.25) is 0 Å². The van der Waals surface area contributed by atoms with Crippen LogP contribution in [0.2, 0.25) is 5.02 Å². The van der Waals surface area contributed by atoms with Gasteiger partial charge in [0.15, 0.2) is 5.78 Å². The predicted molar refractivity (Wildman–Crippen MR) is 75.2 cm³/mol. The van der Waals surface area contributed by atoms with Gasteiger partial charge < -0.3 is 10.4 Å².